The van der Waals surface area contributed by atoms with Crippen molar-refractivity contribution in [2.75, 3.05) is 20.8 Å². The summed E-state index contributed by atoms with van der Waals surface area (Å²) in [5, 5.41) is 8.83. The average molecular weight is 204 g/mol. The molecule has 0 aliphatic rings. The molecule has 0 heterocycles. The van der Waals surface area contributed by atoms with Gasteiger partial charge in [0.05, 0.1) is 26.7 Å². The maximum atomic E-state index is 11.0. The molecule has 0 bridgehead atoms. The van der Waals surface area contributed by atoms with Crippen molar-refractivity contribution in [2.24, 2.45) is 5.92 Å². The first-order valence-electron chi connectivity index (χ1n) is 4.41. The van der Waals surface area contributed by atoms with Gasteiger partial charge in [0.15, 0.2) is 0 Å². The van der Waals surface area contributed by atoms with Crippen LogP contribution in [0.25, 0.3) is 0 Å². The van der Waals surface area contributed by atoms with Gasteiger partial charge in [-0.25, -0.2) is 0 Å². The third-order valence-electron chi connectivity index (χ3n) is 1.92. The monoisotopic (exact) mass is 204 g/mol. The molecule has 0 saturated heterocycles. The van der Waals surface area contributed by atoms with E-state index < -0.39 is 11.9 Å². The van der Waals surface area contributed by atoms with E-state index in [1.807, 2.05) is 0 Å². The normalized spacial score (nSPS) is 11.9. The number of hydrogen-bond acceptors (Lipinski definition) is 5. The minimum Gasteiger partial charge on any atom is -0.469 e. The van der Waals surface area contributed by atoms with E-state index in [1.54, 1.807) is 0 Å². The molecule has 82 valence electrons. The fourth-order valence-corrected chi connectivity index (χ4v) is 1.05. The molecule has 0 rings (SSSR count). The first-order valence-corrected chi connectivity index (χ1v) is 4.41. The standard InChI is InChI=1S/C9H16O5/c1-13-8(11)5-3-4-7(6-10)9(12)14-2/h7,10H,3-6H2,1-2H3. The van der Waals surface area contributed by atoms with E-state index in [4.69, 9.17) is 5.11 Å². The second-order valence-corrected chi connectivity index (χ2v) is 2.87. The van der Waals surface area contributed by atoms with Gasteiger partial charge in [-0.15, -0.1) is 0 Å². The SMILES string of the molecule is COC(=O)CCCC(CO)C(=O)OC. The lowest BCUT2D eigenvalue weighted by Crippen LogP contribution is -2.20. The van der Waals surface area contributed by atoms with Crippen LogP contribution >= 0.6 is 0 Å². The molecule has 1 unspecified atom stereocenters. The van der Waals surface area contributed by atoms with Crippen LogP contribution in [-0.2, 0) is 19.1 Å². The number of carbonyl (C=O) groups is 2. The molecule has 0 aromatic rings. The Morgan fingerprint density at radius 1 is 1.29 bits per heavy atom. The van der Waals surface area contributed by atoms with Crippen LogP contribution in [0, 0.1) is 5.92 Å². The molecular weight excluding hydrogens is 188 g/mol. The average Bonchev–Trinajstić information content (AvgIpc) is 2.22. The Morgan fingerprint density at radius 2 is 1.93 bits per heavy atom. The maximum Gasteiger partial charge on any atom is 0.310 e. The number of ether oxygens (including phenoxy) is 2. The van der Waals surface area contributed by atoms with Gasteiger partial charge in [-0.3, -0.25) is 9.59 Å². The zero-order valence-corrected chi connectivity index (χ0v) is 8.49. The third-order valence-corrected chi connectivity index (χ3v) is 1.92. The fourth-order valence-electron chi connectivity index (χ4n) is 1.05. The molecule has 5 nitrogen and oxygen atoms in total. The van der Waals surface area contributed by atoms with Crippen molar-refractivity contribution in [3.05, 3.63) is 0 Å². The van der Waals surface area contributed by atoms with Gasteiger partial charge in [0.25, 0.3) is 0 Å². The van der Waals surface area contributed by atoms with Gasteiger partial charge >= 0.3 is 11.9 Å². The molecule has 0 aliphatic heterocycles. The van der Waals surface area contributed by atoms with Gasteiger partial charge in [0, 0.05) is 6.42 Å². The van der Waals surface area contributed by atoms with E-state index in [0.717, 1.165) is 0 Å². The van der Waals surface area contributed by atoms with Crippen molar-refractivity contribution in [2.45, 2.75) is 19.3 Å². The number of carbonyl (C=O) groups excluding carboxylic acids is 2. The quantitative estimate of drug-likeness (QED) is 0.622. The van der Waals surface area contributed by atoms with Gasteiger partial charge in [-0.2, -0.15) is 0 Å². The number of aliphatic hydroxyl groups excluding tert-OH is 1. The minimum absolute atomic E-state index is 0.254. The number of esters is 2. The van der Waals surface area contributed by atoms with Gasteiger partial charge in [-0.05, 0) is 12.8 Å². The number of rotatable bonds is 6. The van der Waals surface area contributed by atoms with E-state index in [2.05, 4.69) is 9.47 Å². The molecule has 0 aromatic carbocycles. The van der Waals surface area contributed by atoms with Crippen LogP contribution < -0.4 is 0 Å². The smallest absolute Gasteiger partial charge is 0.310 e. The van der Waals surface area contributed by atoms with Crippen molar-refractivity contribution >= 4 is 11.9 Å². The molecule has 5 heteroatoms. The van der Waals surface area contributed by atoms with Crippen LogP contribution in [0.4, 0.5) is 0 Å². The van der Waals surface area contributed by atoms with E-state index >= 15 is 0 Å². The van der Waals surface area contributed by atoms with Crippen LogP contribution in [0.3, 0.4) is 0 Å². The highest BCUT2D eigenvalue weighted by Crippen LogP contribution is 2.09. The van der Waals surface area contributed by atoms with Crippen LogP contribution in [-0.4, -0.2) is 37.9 Å². The lowest BCUT2D eigenvalue weighted by Gasteiger charge is -2.10. The zero-order valence-electron chi connectivity index (χ0n) is 8.49. The summed E-state index contributed by atoms with van der Waals surface area (Å²) in [5.41, 5.74) is 0. The number of aliphatic hydroxyl groups is 1. The van der Waals surface area contributed by atoms with Crippen LogP contribution in [0.1, 0.15) is 19.3 Å². The van der Waals surface area contributed by atoms with Gasteiger partial charge in [0.1, 0.15) is 0 Å². The Labute approximate surface area is 83.0 Å². The lowest BCUT2D eigenvalue weighted by atomic mass is 10.0. The molecule has 0 aliphatic carbocycles. The van der Waals surface area contributed by atoms with Crippen molar-refractivity contribution in [3.63, 3.8) is 0 Å². The summed E-state index contributed by atoms with van der Waals surface area (Å²) in [4.78, 5) is 21.7. The van der Waals surface area contributed by atoms with Crippen molar-refractivity contribution in [1.29, 1.82) is 0 Å². The summed E-state index contributed by atoms with van der Waals surface area (Å²) in [5.74, 6) is -1.30. The van der Waals surface area contributed by atoms with Gasteiger partial charge < -0.3 is 14.6 Å². The Morgan fingerprint density at radius 3 is 2.36 bits per heavy atom. The minimum atomic E-state index is -0.537. The summed E-state index contributed by atoms with van der Waals surface area (Å²) >= 11 is 0. The highest BCUT2D eigenvalue weighted by molar-refractivity contribution is 5.72. The van der Waals surface area contributed by atoms with E-state index in [0.29, 0.717) is 12.8 Å². The second kappa shape index (κ2) is 7.32. The Balaban J connectivity index is 3.73. The molecule has 1 N–H and O–H groups in total. The summed E-state index contributed by atoms with van der Waals surface area (Å²) in [6.07, 6.45) is 1.19. The van der Waals surface area contributed by atoms with Crippen molar-refractivity contribution in [1.82, 2.24) is 0 Å². The lowest BCUT2D eigenvalue weighted by molar-refractivity contribution is -0.148. The summed E-state index contributed by atoms with van der Waals surface area (Å²) in [6.45, 7) is -0.256. The molecule has 0 fully saturated rings. The zero-order chi connectivity index (χ0) is 11.0. The first kappa shape index (κ1) is 12.9. The highest BCUT2D eigenvalue weighted by atomic mass is 16.5. The number of hydrogen-bond donors (Lipinski definition) is 1. The van der Waals surface area contributed by atoms with Gasteiger partial charge in [-0.1, -0.05) is 0 Å². The summed E-state index contributed by atoms with van der Waals surface area (Å²) < 4.78 is 8.91. The summed E-state index contributed by atoms with van der Waals surface area (Å²) in [7, 11) is 2.58. The van der Waals surface area contributed by atoms with Crippen molar-refractivity contribution in [3.8, 4) is 0 Å². The largest absolute Gasteiger partial charge is 0.469 e. The molecular formula is C9H16O5. The molecule has 0 spiro atoms. The Bertz CT molecular complexity index is 190. The predicted molar refractivity (Wildman–Crippen MR) is 48.5 cm³/mol. The molecule has 1 atom stereocenters. The molecule has 0 aromatic heterocycles. The summed E-state index contributed by atoms with van der Waals surface area (Å²) in [6, 6.07) is 0. The van der Waals surface area contributed by atoms with Crippen LogP contribution in [0.2, 0.25) is 0 Å². The molecule has 0 radical (unpaired) electrons. The molecule has 0 amide bonds. The predicted octanol–water partition coefficient (Wildman–Crippen LogP) is 0.111. The fraction of sp³-hybridized carbons (Fsp3) is 0.778. The van der Waals surface area contributed by atoms with E-state index in [1.165, 1.54) is 14.2 Å². The second-order valence-electron chi connectivity index (χ2n) is 2.87. The van der Waals surface area contributed by atoms with Crippen LogP contribution in [0.5, 0.6) is 0 Å². The van der Waals surface area contributed by atoms with Crippen molar-refractivity contribution < 1.29 is 24.2 Å². The van der Waals surface area contributed by atoms with Gasteiger partial charge in [0.2, 0.25) is 0 Å². The topological polar surface area (TPSA) is 72.8 Å². The first-order chi connectivity index (χ1) is 6.65. The third kappa shape index (κ3) is 4.81. The Hall–Kier alpha value is -1.10. The molecule has 14 heavy (non-hydrogen) atoms. The van der Waals surface area contributed by atoms with E-state index in [9.17, 15) is 9.59 Å². The number of methoxy groups -OCH3 is 2. The maximum absolute atomic E-state index is 11.0. The molecule has 0 saturated carbocycles. The Kier molecular flexibility index (Phi) is 6.74. The highest BCUT2D eigenvalue weighted by Gasteiger charge is 2.17. The van der Waals surface area contributed by atoms with Crippen LogP contribution in [0.15, 0.2) is 0 Å². The van der Waals surface area contributed by atoms with E-state index in [-0.39, 0.29) is 19.0 Å².